The largest absolute Gasteiger partial charge is 0.351 e. The van der Waals surface area contributed by atoms with Crippen molar-refractivity contribution in [3.63, 3.8) is 0 Å². The molecular formula is C17H25N3O. The molecule has 2 aliphatic rings. The Labute approximate surface area is 126 Å². The second-order valence-electron chi connectivity index (χ2n) is 6.22. The van der Waals surface area contributed by atoms with Crippen LogP contribution in [0.15, 0.2) is 30.3 Å². The Balaban J connectivity index is 1.49. The van der Waals surface area contributed by atoms with Gasteiger partial charge in [0.05, 0.1) is 6.04 Å². The molecule has 1 amide bonds. The number of piperidine rings is 1. The van der Waals surface area contributed by atoms with Crippen molar-refractivity contribution in [2.45, 2.75) is 44.3 Å². The normalized spacial score (nSPS) is 26.7. The molecule has 2 aliphatic heterocycles. The summed E-state index contributed by atoms with van der Waals surface area (Å²) in [5.41, 5.74) is 1.35. The average molecular weight is 287 g/mol. The third kappa shape index (κ3) is 4.05. The summed E-state index contributed by atoms with van der Waals surface area (Å²) in [5, 5.41) is 6.50. The maximum absolute atomic E-state index is 12.2. The van der Waals surface area contributed by atoms with Gasteiger partial charge in [-0.1, -0.05) is 30.3 Å². The van der Waals surface area contributed by atoms with E-state index < -0.39 is 0 Å². The minimum absolute atomic E-state index is 0.0366. The van der Waals surface area contributed by atoms with Gasteiger partial charge < -0.3 is 10.6 Å². The number of amides is 1. The summed E-state index contributed by atoms with van der Waals surface area (Å²) in [6, 6.07) is 10.9. The molecule has 114 valence electrons. The number of benzene rings is 1. The number of rotatable bonds is 4. The SMILES string of the molecule is O=C(NC1CCCN(Cc2ccccc2)C1)[C@@H]1CCCN1. The highest BCUT2D eigenvalue weighted by molar-refractivity contribution is 5.82. The van der Waals surface area contributed by atoms with E-state index in [1.165, 1.54) is 5.56 Å². The molecule has 0 aliphatic carbocycles. The second kappa shape index (κ2) is 7.05. The summed E-state index contributed by atoms with van der Waals surface area (Å²) in [4.78, 5) is 14.6. The van der Waals surface area contributed by atoms with Crippen LogP contribution < -0.4 is 10.6 Å². The van der Waals surface area contributed by atoms with Gasteiger partial charge in [0.2, 0.25) is 5.91 Å². The molecule has 2 heterocycles. The topological polar surface area (TPSA) is 44.4 Å². The van der Waals surface area contributed by atoms with Crippen molar-refractivity contribution in [2.75, 3.05) is 19.6 Å². The van der Waals surface area contributed by atoms with E-state index in [9.17, 15) is 4.79 Å². The Morgan fingerprint density at radius 2 is 2.10 bits per heavy atom. The van der Waals surface area contributed by atoms with E-state index in [0.717, 1.165) is 51.9 Å². The van der Waals surface area contributed by atoms with E-state index in [0.29, 0.717) is 6.04 Å². The lowest BCUT2D eigenvalue weighted by Crippen LogP contribution is -2.51. The van der Waals surface area contributed by atoms with Gasteiger partial charge in [0.1, 0.15) is 0 Å². The van der Waals surface area contributed by atoms with Crippen molar-refractivity contribution in [3.8, 4) is 0 Å². The highest BCUT2D eigenvalue weighted by Gasteiger charge is 2.26. The highest BCUT2D eigenvalue weighted by Crippen LogP contribution is 2.14. The zero-order valence-corrected chi connectivity index (χ0v) is 12.6. The minimum atomic E-state index is 0.0366. The Morgan fingerprint density at radius 3 is 2.86 bits per heavy atom. The van der Waals surface area contributed by atoms with Crippen molar-refractivity contribution in [1.82, 2.24) is 15.5 Å². The molecule has 2 saturated heterocycles. The van der Waals surface area contributed by atoms with E-state index in [1.54, 1.807) is 0 Å². The fourth-order valence-electron chi connectivity index (χ4n) is 3.37. The van der Waals surface area contributed by atoms with Gasteiger partial charge in [-0.3, -0.25) is 9.69 Å². The zero-order valence-electron chi connectivity index (χ0n) is 12.6. The van der Waals surface area contributed by atoms with E-state index in [4.69, 9.17) is 0 Å². The molecule has 3 rings (SSSR count). The number of hydrogen-bond donors (Lipinski definition) is 2. The van der Waals surface area contributed by atoms with Crippen molar-refractivity contribution < 1.29 is 4.79 Å². The van der Waals surface area contributed by atoms with Crippen LogP contribution in [0.4, 0.5) is 0 Å². The van der Waals surface area contributed by atoms with Crippen LogP contribution in [0.3, 0.4) is 0 Å². The van der Waals surface area contributed by atoms with Crippen LogP contribution in [-0.4, -0.2) is 42.5 Å². The molecule has 0 spiro atoms. The van der Waals surface area contributed by atoms with Gasteiger partial charge in [0, 0.05) is 19.1 Å². The number of hydrogen-bond acceptors (Lipinski definition) is 3. The molecule has 2 fully saturated rings. The maximum atomic E-state index is 12.2. The molecule has 0 radical (unpaired) electrons. The summed E-state index contributed by atoms with van der Waals surface area (Å²) in [7, 11) is 0. The molecule has 1 unspecified atom stereocenters. The average Bonchev–Trinajstić information content (AvgIpc) is 3.03. The predicted molar refractivity (Wildman–Crippen MR) is 83.9 cm³/mol. The van der Waals surface area contributed by atoms with Gasteiger partial charge in [-0.2, -0.15) is 0 Å². The summed E-state index contributed by atoms with van der Waals surface area (Å²) >= 11 is 0. The Bertz CT molecular complexity index is 456. The van der Waals surface area contributed by atoms with Gasteiger partial charge in [0.25, 0.3) is 0 Å². The lowest BCUT2D eigenvalue weighted by atomic mass is 10.0. The Kier molecular flexibility index (Phi) is 4.88. The molecule has 1 aromatic carbocycles. The van der Waals surface area contributed by atoms with E-state index in [2.05, 4.69) is 45.9 Å². The van der Waals surface area contributed by atoms with Crippen LogP contribution in [0.1, 0.15) is 31.2 Å². The first-order valence-electron chi connectivity index (χ1n) is 8.11. The summed E-state index contributed by atoms with van der Waals surface area (Å²) < 4.78 is 0. The van der Waals surface area contributed by atoms with Crippen molar-refractivity contribution in [2.24, 2.45) is 0 Å². The first-order chi connectivity index (χ1) is 10.3. The van der Waals surface area contributed by atoms with Gasteiger partial charge in [0.15, 0.2) is 0 Å². The van der Waals surface area contributed by atoms with E-state index >= 15 is 0 Å². The third-order valence-corrected chi connectivity index (χ3v) is 4.48. The monoisotopic (exact) mass is 287 g/mol. The lowest BCUT2D eigenvalue weighted by Gasteiger charge is -2.33. The number of nitrogens with zero attached hydrogens (tertiary/aromatic N) is 1. The van der Waals surface area contributed by atoms with E-state index in [-0.39, 0.29) is 11.9 Å². The van der Waals surface area contributed by atoms with Crippen LogP contribution >= 0.6 is 0 Å². The van der Waals surface area contributed by atoms with Gasteiger partial charge in [-0.15, -0.1) is 0 Å². The molecule has 4 heteroatoms. The number of nitrogens with one attached hydrogen (secondary N) is 2. The number of carbonyl (C=O) groups is 1. The molecule has 0 saturated carbocycles. The van der Waals surface area contributed by atoms with Crippen LogP contribution in [-0.2, 0) is 11.3 Å². The predicted octanol–water partition coefficient (Wildman–Crippen LogP) is 1.52. The summed E-state index contributed by atoms with van der Waals surface area (Å²) in [6.07, 6.45) is 4.36. The second-order valence-corrected chi connectivity index (χ2v) is 6.22. The molecule has 0 bridgehead atoms. The maximum Gasteiger partial charge on any atom is 0.237 e. The quantitative estimate of drug-likeness (QED) is 0.882. The summed E-state index contributed by atoms with van der Waals surface area (Å²) in [6.45, 7) is 4.05. The minimum Gasteiger partial charge on any atom is -0.351 e. The lowest BCUT2D eigenvalue weighted by molar-refractivity contribution is -0.123. The zero-order chi connectivity index (χ0) is 14.5. The van der Waals surface area contributed by atoms with Crippen LogP contribution in [0.5, 0.6) is 0 Å². The fourth-order valence-corrected chi connectivity index (χ4v) is 3.37. The summed E-state index contributed by atoms with van der Waals surface area (Å²) in [5.74, 6) is 0.194. The molecule has 2 atom stereocenters. The van der Waals surface area contributed by atoms with Crippen molar-refractivity contribution >= 4 is 5.91 Å². The number of likely N-dealkylation sites (tertiary alicyclic amines) is 1. The fraction of sp³-hybridized carbons (Fsp3) is 0.588. The molecular weight excluding hydrogens is 262 g/mol. The van der Waals surface area contributed by atoms with E-state index in [1.807, 2.05) is 0 Å². The Morgan fingerprint density at radius 1 is 1.24 bits per heavy atom. The smallest absolute Gasteiger partial charge is 0.237 e. The molecule has 0 aromatic heterocycles. The van der Waals surface area contributed by atoms with Crippen LogP contribution in [0.25, 0.3) is 0 Å². The van der Waals surface area contributed by atoms with Crippen LogP contribution in [0.2, 0.25) is 0 Å². The molecule has 2 N–H and O–H groups in total. The van der Waals surface area contributed by atoms with Crippen LogP contribution in [0, 0.1) is 0 Å². The van der Waals surface area contributed by atoms with Crippen molar-refractivity contribution in [3.05, 3.63) is 35.9 Å². The molecule has 4 nitrogen and oxygen atoms in total. The molecule has 21 heavy (non-hydrogen) atoms. The number of carbonyl (C=O) groups excluding carboxylic acids is 1. The van der Waals surface area contributed by atoms with Gasteiger partial charge >= 0.3 is 0 Å². The Hall–Kier alpha value is -1.39. The molecule has 1 aromatic rings. The van der Waals surface area contributed by atoms with Gasteiger partial charge in [-0.05, 0) is 44.3 Å². The van der Waals surface area contributed by atoms with Gasteiger partial charge in [-0.25, -0.2) is 0 Å². The first-order valence-corrected chi connectivity index (χ1v) is 8.11. The third-order valence-electron chi connectivity index (χ3n) is 4.48. The van der Waals surface area contributed by atoms with Crippen molar-refractivity contribution in [1.29, 1.82) is 0 Å². The standard InChI is InChI=1S/C17H25N3O/c21-17(16-9-4-10-18-16)19-15-8-5-11-20(13-15)12-14-6-2-1-3-7-14/h1-3,6-7,15-16,18H,4-5,8-13H2,(H,19,21)/t15?,16-/m0/s1. The highest BCUT2D eigenvalue weighted by atomic mass is 16.2. The first kappa shape index (κ1) is 14.5.